The second kappa shape index (κ2) is 5.83. The topological polar surface area (TPSA) is 111 Å². The van der Waals surface area contributed by atoms with Crippen molar-refractivity contribution in [1.29, 1.82) is 5.26 Å². The van der Waals surface area contributed by atoms with Gasteiger partial charge in [-0.1, -0.05) is 6.07 Å². The van der Waals surface area contributed by atoms with Crippen LogP contribution in [0.15, 0.2) is 46.6 Å². The molecule has 0 spiro atoms. The fraction of sp³-hybridized carbons (Fsp3) is 0.0714. The van der Waals surface area contributed by atoms with Crippen LogP contribution in [0.2, 0.25) is 0 Å². The van der Waals surface area contributed by atoms with E-state index in [-0.39, 0.29) is 11.4 Å². The fourth-order valence-electron chi connectivity index (χ4n) is 1.89. The van der Waals surface area contributed by atoms with Crippen LogP contribution in [0.5, 0.6) is 0 Å². The van der Waals surface area contributed by atoms with Crippen LogP contribution in [0.1, 0.15) is 11.3 Å². The van der Waals surface area contributed by atoms with Crippen molar-refractivity contribution in [3.8, 4) is 6.07 Å². The highest BCUT2D eigenvalue weighted by atomic mass is 32.2. The van der Waals surface area contributed by atoms with E-state index in [1.54, 1.807) is 18.3 Å². The van der Waals surface area contributed by atoms with Crippen molar-refractivity contribution in [2.45, 2.75) is 10.9 Å². The summed E-state index contributed by atoms with van der Waals surface area (Å²) >= 11 is 1.36. The maximum absolute atomic E-state index is 12.0. The first-order valence-electron chi connectivity index (χ1n) is 6.36. The third-order valence-corrected chi connectivity index (χ3v) is 3.86. The fourth-order valence-corrected chi connectivity index (χ4v) is 2.63. The molecule has 3 rings (SSSR count). The lowest BCUT2D eigenvalue weighted by Crippen LogP contribution is -2.15. The molecule has 0 aliphatic rings. The maximum Gasteiger partial charge on any atom is 0.359 e. The normalized spacial score (nSPS) is 10.5. The second-order valence-corrected chi connectivity index (χ2v) is 5.38. The second-order valence-electron chi connectivity index (χ2n) is 4.42. The number of aromatic nitrogens is 4. The van der Waals surface area contributed by atoms with Gasteiger partial charge in [0, 0.05) is 18.0 Å². The van der Waals surface area contributed by atoms with E-state index in [1.165, 1.54) is 28.4 Å². The average molecular weight is 311 g/mol. The van der Waals surface area contributed by atoms with Crippen molar-refractivity contribution in [3.63, 3.8) is 0 Å². The van der Waals surface area contributed by atoms with Crippen LogP contribution in [0.4, 0.5) is 5.82 Å². The summed E-state index contributed by atoms with van der Waals surface area (Å²) in [7, 11) is 0. The monoisotopic (exact) mass is 311 g/mol. The molecule has 0 aromatic carbocycles. The molecule has 0 unspecified atom stereocenters. The summed E-state index contributed by atoms with van der Waals surface area (Å²) in [6.07, 6.45) is 3.19. The Kier molecular flexibility index (Phi) is 3.72. The highest BCUT2D eigenvalue weighted by Crippen LogP contribution is 2.17. The Bertz CT molecular complexity index is 946. The van der Waals surface area contributed by atoms with Crippen LogP contribution >= 0.6 is 11.8 Å². The van der Waals surface area contributed by atoms with Crippen LogP contribution in [0, 0.1) is 11.3 Å². The Labute approximate surface area is 129 Å². The molecule has 0 fully saturated rings. The number of thioether (sulfide) groups is 1. The highest BCUT2D eigenvalue weighted by Gasteiger charge is 2.13. The van der Waals surface area contributed by atoms with E-state index >= 15 is 0 Å². The molecule has 3 N–H and O–H groups in total. The highest BCUT2D eigenvalue weighted by molar-refractivity contribution is 7.98. The number of nitrogens with two attached hydrogens (primary N) is 1. The summed E-state index contributed by atoms with van der Waals surface area (Å²) in [6, 6.07) is 8.82. The minimum Gasteiger partial charge on any atom is -0.362 e. The average Bonchev–Trinajstić information content (AvgIpc) is 2.53. The van der Waals surface area contributed by atoms with Gasteiger partial charge in [-0.05, 0) is 28.9 Å². The predicted octanol–water partition coefficient (Wildman–Crippen LogP) is 0.650. The Balaban J connectivity index is 1.84. The van der Waals surface area contributed by atoms with Crippen LogP contribution < -0.4 is 16.3 Å². The Morgan fingerprint density at radius 2 is 2.27 bits per heavy atom. The third kappa shape index (κ3) is 2.75. The summed E-state index contributed by atoms with van der Waals surface area (Å²) in [5, 5.41) is 9.37. The van der Waals surface area contributed by atoms with Crippen LogP contribution in [-0.2, 0) is 5.75 Å². The van der Waals surface area contributed by atoms with Gasteiger partial charge in [-0.15, -0.1) is 0 Å². The summed E-state index contributed by atoms with van der Waals surface area (Å²) in [5.74, 6) is 0.644. The van der Waals surface area contributed by atoms with Crippen molar-refractivity contribution in [3.05, 3.63) is 58.3 Å². The molecule has 0 aliphatic heterocycles. The van der Waals surface area contributed by atoms with Crippen molar-refractivity contribution in [1.82, 2.24) is 14.4 Å². The van der Waals surface area contributed by atoms with Crippen LogP contribution in [0.3, 0.4) is 0 Å². The largest absolute Gasteiger partial charge is 0.362 e. The number of H-pyrrole nitrogens is 1. The number of fused-ring (bicyclic) bond motifs is 1. The van der Waals surface area contributed by atoms with Gasteiger partial charge in [0.05, 0.1) is 5.69 Å². The van der Waals surface area contributed by atoms with Crippen molar-refractivity contribution in [2.75, 3.05) is 5.73 Å². The van der Waals surface area contributed by atoms with Crippen molar-refractivity contribution < 1.29 is 4.98 Å². The van der Waals surface area contributed by atoms with E-state index in [9.17, 15) is 4.79 Å². The van der Waals surface area contributed by atoms with Gasteiger partial charge in [0.2, 0.25) is 0 Å². The van der Waals surface area contributed by atoms with Gasteiger partial charge < -0.3 is 5.73 Å². The molecule has 108 valence electrons. The molecule has 22 heavy (non-hydrogen) atoms. The van der Waals surface area contributed by atoms with Gasteiger partial charge in [0.15, 0.2) is 5.56 Å². The molecule has 0 saturated carbocycles. The first kappa shape index (κ1) is 14.0. The lowest BCUT2D eigenvalue weighted by atomic mass is 10.3. The van der Waals surface area contributed by atoms with E-state index < -0.39 is 0 Å². The SMILES string of the molecule is N#Cc1c[nH+]c(SCc2cc(=O)n3ccccc3n2)nc1N. The summed E-state index contributed by atoms with van der Waals surface area (Å²) in [5.41, 5.74) is 7.08. The predicted molar refractivity (Wildman–Crippen MR) is 80.9 cm³/mol. The molecular weight excluding hydrogens is 300 g/mol. The molecule has 0 atom stereocenters. The summed E-state index contributed by atoms with van der Waals surface area (Å²) in [6.45, 7) is 0. The Hall–Kier alpha value is -2.92. The number of anilines is 1. The number of hydrogen-bond donors (Lipinski definition) is 1. The quantitative estimate of drug-likeness (QED) is 0.561. The van der Waals surface area contributed by atoms with Gasteiger partial charge >= 0.3 is 5.16 Å². The van der Waals surface area contributed by atoms with Crippen molar-refractivity contribution >= 4 is 23.2 Å². The first-order valence-corrected chi connectivity index (χ1v) is 7.34. The molecule has 3 heterocycles. The van der Waals surface area contributed by atoms with E-state index in [1.807, 2.05) is 12.1 Å². The molecule has 0 saturated heterocycles. The van der Waals surface area contributed by atoms with E-state index in [2.05, 4.69) is 15.0 Å². The number of nitrogens with one attached hydrogen (secondary N) is 1. The van der Waals surface area contributed by atoms with Gasteiger partial charge in [0.25, 0.3) is 11.4 Å². The standard InChI is InChI=1S/C14H10N6OS/c15-6-9-7-17-14(19-13(9)16)22-8-10-5-12(21)20-4-2-1-3-11(20)18-10/h1-5,7H,8H2,(H2,16,17,19)/p+1. The third-order valence-electron chi connectivity index (χ3n) is 2.94. The Morgan fingerprint density at radius 1 is 1.41 bits per heavy atom. The van der Waals surface area contributed by atoms with E-state index in [0.29, 0.717) is 27.8 Å². The number of aromatic amines is 1. The number of nitrogen functional groups attached to an aromatic ring is 1. The zero-order valence-corrected chi connectivity index (χ0v) is 12.2. The molecule has 3 aromatic heterocycles. The Morgan fingerprint density at radius 3 is 3.05 bits per heavy atom. The molecule has 0 amide bonds. The number of nitriles is 1. The van der Waals surface area contributed by atoms with Gasteiger partial charge in [-0.2, -0.15) is 5.26 Å². The zero-order chi connectivity index (χ0) is 15.5. The minimum atomic E-state index is -0.127. The number of rotatable bonds is 3. The van der Waals surface area contributed by atoms with Gasteiger partial charge in [-0.25, -0.2) is 9.97 Å². The molecule has 0 bridgehead atoms. The lowest BCUT2D eigenvalue weighted by molar-refractivity contribution is -0.433. The van der Waals surface area contributed by atoms with E-state index in [4.69, 9.17) is 11.0 Å². The number of hydrogen-bond acceptors (Lipinski definition) is 6. The van der Waals surface area contributed by atoms with Crippen molar-refractivity contribution in [2.24, 2.45) is 0 Å². The molecule has 0 radical (unpaired) electrons. The van der Waals surface area contributed by atoms with Crippen LogP contribution in [-0.4, -0.2) is 14.4 Å². The molecule has 3 aromatic rings. The molecule has 8 heteroatoms. The van der Waals surface area contributed by atoms with E-state index in [0.717, 1.165) is 0 Å². The van der Waals surface area contributed by atoms with Gasteiger partial charge in [-0.3, -0.25) is 9.20 Å². The lowest BCUT2D eigenvalue weighted by Gasteiger charge is -2.02. The summed E-state index contributed by atoms with van der Waals surface area (Å²) in [4.78, 5) is 23.4. The van der Waals surface area contributed by atoms with Gasteiger partial charge in [0.1, 0.15) is 17.9 Å². The minimum absolute atomic E-state index is 0.127. The molecule has 0 aliphatic carbocycles. The first-order chi connectivity index (χ1) is 10.7. The zero-order valence-electron chi connectivity index (χ0n) is 11.4. The maximum atomic E-state index is 12.0. The molecule has 7 nitrogen and oxygen atoms in total. The number of pyridine rings is 1. The molecular formula is C14H11N6OS+. The smallest absolute Gasteiger partial charge is 0.359 e. The van der Waals surface area contributed by atoms with Crippen LogP contribution in [0.25, 0.3) is 5.65 Å². The number of nitrogens with zero attached hydrogens (tertiary/aromatic N) is 4. The summed E-state index contributed by atoms with van der Waals surface area (Å²) < 4.78 is 1.48.